The van der Waals surface area contributed by atoms with E-state index < -0.39 is 15.7 Å². The Morgan fingerprint density at radius 3 is 2.53 bits per heavy atom. The van der Waals surface area contributed by atoms with Gasteiger partial charge in [-0.15, -0.1) is 0 Å². The molecule has 0 spiro atoms. The lowest BCUT2D eigenvalue weighted by atomic mass is 9.86. The van der Waals surface area contributed by atoms with Crippen LogP contribution in [0.1, 0.15) is 43.7 Å². The van der Waals surface area contributed by atoms with Crippen molar-refractivity contribution < 1.29 is 19.4 Å². The highest BCUT2D eigenvalue weighted by atomic mass is 32.2. The standard InChI is InChI=1S/C24H23N3O4S.H2/c1-24(2,3)17-10-11-20(21(13-17)31-23-16(15-25)7-6-12-26-23)22(28)27-18-8-5-9-19(14-18)32(4,29)30;/h5-14H,1-4H3,(H,27,28);1H. The number of amides is 1. The minimum absolute atomic E-state index is 0. The number of carbonyl (C=O) groups is 1. The quantitative estimate of drug-likeness (QED) is 0.588. The summed E-state index contributed by atoms with van der Waals surface area (Å²) in [5.74, 6) is -0.154. The third-order valence-corrected chi connectivity index (χ3v) is 5.82. The molecule has 1 N–H and O–H groups in total. The smallest absolute Gasteiger partial charge is 0.259 e. The first-order valence-corrected chi connectivity index (χ1v) is 11.7. The van der Waals surface area contributed by atoms with Crippen LogP contribution < -0.4 is 10.1 Å². The van der Waals surface area contributed by atoms with Gasteiger partial charge in [-0.05, 0) is 53.4 Å². The van der Waals surface area contributed by atoms with Crippen LogP contribution in [-0.2, 0) is 15.3 Å². The fourth-order valence-electron chi connectivity index (χ4n) is 2.93. The Balaban J connectivity index is 0.00000385. The number of anilines is 1. The maximum absolute atomic E-state index is 13.1. The number of nitrogens with one attached hydrogen (secondary N) is 1. The van der Waals surface area contributed by atoms with E-state index in [2.05, 4.69) is 10.3 Å². The number of benzene rings is 2. The largest absolute Gasteiger partial charge is 0.437 e. The number of hydrogen-bond acceptors (Lipinski definition) is 6. The molecule has 0 atom stereocenters. The molecule has 3 rings (SSSR count). The van der Waals surface area contributed by atoms with E-state index in [9.17, 15) is 18.5 Å². The van der Waals surface area contributed by atoms with E-state index in [-0.39, 0.29) is 34.5 Å². The molecule has 1 aromatic heterocycles. The molecule has 0 radical (unpaired) electrons. The Labute approximate surface area is 189 Å². The van der Waals surface area contributed by atoms with Gasteiger partial charge in [0, 0.05) is 19.6 Å². The van der Waals surface area contributed by atoms with E-state index in [1.165, 1.54) is 18.3 Å². The molecule has 0 unspecified atom stereocenters. The molecule has 166 valence electrons. The van der Waals surface area contributed by atoms with Crippen molar-refractivity contribution in [3.05, 3.63) is 77.5 Å². The Morgan fingerprint density at radius 2 is 1.88 bits per heavy atom. The molecule has 0 saturated heterocycles. The van der Waals surface area contributed by atoms with E-state index >= 15 is 0 Å². The van der Waals surface area contributed by atoms with Crippen molar-refractivity contribution in [2.45, 2.75) is 31.1 Å². The van der Waals surface area contributed by atoms with Crippen molar-refractivity contribution in [1.29, 1.82) is 5.26 Å². The number of rotatable bonds is 5. The molecule has 0 saturated carbocycles. The summed E-state index contributed by atoms with van der Waals surface area (Å²) in [4.78, 5) is 17.3. The Hall–Kier alpha value is -3.70. The van der Waals surface area contributed by atoms with Crippen molar-refractivity contribution in [1.82, 2.24) is 4.98 Å². The Morgan fingerprint density at radius 1 is 1.12 bits per heavy atom. The zero-order valence-corrected chi connectivity index (χ0v) is 19.0. The molecule has 0 fully saturated rings. The highest BCUT2D eigenvalue weighted by Gasteiger charge is 2.21. The molecule has 1 amide bonds. The van der Waals surface area contributed by atoms with Crippen LogP contribution in [0, 0.1) is 11.3 Å². The third kappa shape index (κ3) is 5.31. The first-order chi connectivity index (χ1) is 15.0. The lowest BCUT2D eigenvalue weighted by molar-refractivity contribution is 0.102. The molecular weight excluding hydrogens is 426 g/mol. The van der Waals surface area contributed by atoms with Gasteiger partial charge in [0.1, 0.15) is 17.4 Å². The minimum atomic E-state index is -3.42. The first kappa shape index (κ1) is 23.0. The summed E-state index contributed by atoms with van der Waals surface area (Å²) >= 11 is 0. The number of aromatic nitrogens is 1. The van der Waals surface area contributed by atoms with E-state index in [4.69, 9.17) is 4.74 Å². The number of pyridine rings is 1. The second-order valence-corrected chi connectivity index (χ2v) is 10.3. The van der Waals surface area contributed by atoms with Crippen molar-refractivity contribution in [3.63, 3.8) is 0 Å². The van der Waals surface area contributed by atoms with Gasteiger partial charge in [-0.25, -0.2) is 13.4 Å². The van der Waals surface area contributed by atoms with Crippen LogP contribution in [0.5, 0.6) is 11.6 Å². The van der Waals surface area contributed by atoms with Crippen molar-refractivity contribution in [3.8, 4) is 17.7 Å². The van der Waals surface area contributed by atoms with Crippen LogP contribution in [0.2, 0.25) is 0 Å². The molecule has 8 heteroatoms. The van der Waals surface area contributed by atoms with Crippen LogP contribution in [-0.4, -0.2) is 25.6 Å². The zero-order chi connectivity index (χ0) is 23.5. The van der Waals surface area contributed by atoms with Crippen molar-refractivity contribution in [2.75, 3.05) is 11.6 Å². The van der Waals surface area contributed by atoms with Crippen LogP contribution in [0.25, 0.3) is 0 Å². The van der Waals surface area contributed by atoms with Crippen LogP contribution in [0.15, 0.2) is 65.7 Å². The van der Waals surface area contributed by atoms with Gasteiger partial charge in [0.15, 0.2) is 9.84 Å². The highest BCUT2D eigenvalue weighted by Crippen LogP contribution is 2.32. The van der Waals surface area contributed by atoms with E-state index in [1.54, 1.807) is 36.4 Å². The molecule has 2 aromatic carbocycles. The summed E-state index contributed by atoms with van der Waals surface area (Å²) in [7, 11) is -3.42. The number of carbonyl (C=O) groups excluding carboxylic acids is 1. The van der Waals surface area contributed by atoms with Gasteiger partial charge < -0.3 is 10.1 Å². The number of sulfone groups is 1. The first-order valence-electron chi connectivity index (χ1n) is 9.78. The molecule has 0 aliphatic rings. The molecular formula is C24H25N3O4S. The van der Waals surface area contributed by atoms with Crippen molar-refractivity contribution in [2.24, 2.45) is 0 Å². The lowest BCUT2D eigenvalue weighted by Crippen LogP contribution is -2.16. The SMILES string of the molecule is CC(C)(C)c1ccc(C(=O)Nc2cccc(S(C)(=O)=O)c2)c(Oc2ncccc2C#N)c1.[HH]. The van der Waals surface area contributed by atoms with Gasteiger partial charge in [-0.2, -0.15) is 5.26 Å². The third-order valence-electron chi connectivity index (χ3n) is 4.71. The summed E-state index contributed by atoms with van der Waals surface area (Å²) in [5.41, 5.74) is 1.51. The van der Waals surface area contributed by atoms with Crippen LogP contribution in [0.3, 0.4) is 0 Å². The van der Waals surface area contributed by atoms with Crippen LogP contribution >= 0.6 is 0 Å². The zero-order valence-electron chi connectivity index (χ0n) is 18.2. The number of nitriles is 1. The predicted molar refractivity (Wildman–Crippen MR) is 124 cm³/mol. The van der Waals surface area contributed by atoms with Crippen molar-refractivity contribution >= 4 is 21.4 Å². The monoisotopic (exact) mass is 451 g/mol. The number of nitrogens with zero attached hydrogens (tertiary/aromatic N) is 2. The van der Waals surface area contributed by atoms with Gasteiger partial charge in [-0.1, -0.05) is 32.9 Å². The Bertz CT molecular complexity index is 1330. The van der Waals surface area contributed by atoms with Gasteiger partial charge in [0.2, 0.25) is 5.88 Å². The van der Waals surface area contributed by atoms with E-state index in [0.29, 0.717) is 5.69 Å². The second-order valence-electron chi connectivity index (χ2n) is 8.29. The van der Waals surface area contributed by atoms with E-state index in [0.717, 1.165) is 11.8 Å². The summed E-state index contributed by atoms with van der Waals surface area (Å²) in [5, 5.41) is 12.1. The molecule has 0 aliphatic heterocycles. The van der Waals surface area contributed by atoms with Gasteiger partial charge >= 0.3 is 0 Å². The molecule has 3 aromatic rings. The second kappa shape index (κ2) is 8.81. The average molecular weight is 452 g/mol. The summed E-state index contributed by atoms with van der Waals surface area (Å²) in [6.07, 6.45) is 2.60. The average Bonchev–Trinajstić information content (AvgIpc) is 2.73. The maximum atomic E-state index is 13.1. The fourth-order valence-corrected chi connectivity index (χ4v) is 3.59. The lowest BCUT2D eigenvalue weighted by Gasteiger charge is -2.21. The molecule has 0 bridgehead atoms. The number of ether oxygens (including phenoxy) is 1. The molecule has 1 heterocycles. The number of hydrogen-bond donors (Lipinski definition) is 1. The van der Waals surface area contributed by atoms with Gasteiger partial charge in [-0.3, -0.25) is 4.79 Å². The molecule has 7 nitrogen and oxygen atoms in total. The highest BCUT2D eigenvalue weighted by molar-refractivity contribution is 7.90. The topological polar surface area (TPSA) is 109 Å². The molecule has 32 heavy (non-hydrogen) atoms. The predicted octanol–water partition coefficient (Wildman–Crippen LogP) is 4.94. The molecule has 0 aliphatic carbocycles. The van der Waals surface area contributed by atoms with E-state index in [1.807, 2.05) is 32.9 Å². The summed E-state index contributed by atoms with van der Waals surface area (Å²) in [6.45, 7) is 6.10. The van der Waals surface area contributed by atoms with Gasteiger partial charge in [0.25, 0.3) is 5.91 Å². The maximum Gasteiger partial charge on any atom is 0.259 e. The summed E-state index contributed by atoms with van der Waals surface area (Å²) < 4.78 is 29.6. The van der Waals surface area contributed by atoms with Gasteiger partial charge in [0.05, 0.1) is 10.5 Å². The fraction of sp³-hybridized carbons (Fsp3) is 0.208. The van der Waals surface area contributed by atoms with Crippen LogP contribution in [0.4, 0.5) is 5.69 Å². The summed E-state index contributed by atoms with van der Waals surface area (Å²) in [6, 6.07) is 16.5. The Kier molecular flexibility index (Phi) is 6.32. The normalized spacial score (nSPS) is 11.5. The minimum Gasteiger partial charge on any atom is -0.437 e.